The van der Waals surface area contributed by atoms with Gasteiger partial charge in [0.25, 0.3) is 0 Å². The molecule has 0 heterocycles. The highest BCUT2D eigenvalue weighted by Gasteiger charge is 1.93. The molecule has 0 saturated carbocycles. The minimum Gasteiger partial charge on any atom is -0.372 e. The number of alkyl halides is 1. The molecular formula is C6H10BrClO2. The molecule has 0 aromatic carbocycles. The van der Waals surface area contributed by atoms with E-state index in [0.29, 0.717) is 6.61 Å². The van der Waals surface area contributed by atoms with Gasteiger partial charge in [0, 0.05) is 11.9 Å². The van der Waals surface area contributed by atoms with Crippen LogP contribution in [-0.2, 0) is 9.53 Å². The number of rotatable bonds is 6. The Kier molecular flexibility index (Phi) is 7.81. The van der Waals surface area contributed by atoms with E-state index in [2.05, 4.69) is 15.9 Å². The molecule has 0 N–H and O–H groups in total. The van der Waals surface area contributed by atoms with Crippen LogP contribution >= 0.6 is 27.5 Å². The van der Waals surface area contributed by atoms with Crippen LogP contribution in [0.1, 0.15) is 12.8 Å². The smallest absolute Gasteiger partial charge is 0.247 e. The molecule has 0 saturated heterocycles. The number of carbonyl (C=O) groups excluding carboxylic acids is 1. The maximum Gasteiger partial charge on any atom is 0.247 e. The number of ether oxygens (including phenoxy) is 1. The van der Waals surface area contributed by atoms with Crippen molar-refractivity contribution in [3.8, 4) is 0 Å². The van der Waals surface area contributed by atoms with E-state index in [4.69, 9.17) is 16.3 Å². The largest absolute Gasteiger partial charge is 0.372 e. The summed E-state index contributed by atoms with van der Waals surface area (Å²) in [4.78, 5) is 10.1. The average molecular weight is 230 g/mol. The predicted octanol–water partition coefficient (Wildman–Crippen LogP) is 1.94. The van der Waals surface area contributed by atoms with Crippen LogP contribution in [0.25, 0.3) is 0 Å². The first-order valence-corrected chi connectivity index (χ1v) is 4.59. The molecule has 0 fully saturated rings. The molecule has 10 heavy (non-hydrogen) atoms. The van der Waals surface area contributed by atoms with Crippen molar-refractivity contribution in [1.82, 2.24) is 0 Å². The Morgan fingerprint density at radius 3 is 2.70 bits per heavy atom. The molecule has 0 aromatic heterocycles. The maximum absolute atomic E-state index is 10.1. The standard InChI is InChI=1S/C6H10BrClO2/c7-3-1-2-4-10-5-6(8)9/h1-5H2. The quantitative estimate of drug-likeness (QED) is 0.395. The Hall–Kier alpha value is 0.400. The normalized spacial score (nSPS) is 9.80. The molecule has 0 unspecified atom stereocenters. The second kappa shape index (κ2) is 7.51. The Labute approximate surface area is 74.0 Å². The van der Waals surface area contributed by atoms with Gasteiger partial charge in [-0.2, -0.15) is 0 Å². The number of unbranched alkanes of at least 4 members (excludes halogenated alkanes) is 1. The van der Waals surface area contributed by atoms with E-state index in [1.807, 2.05) is 0 Å². The lowest BCUT2D eigenvalue weighted by atomic mass is 10.4. The van der Waals surface area contributed by atoms with Gasteiger partial charge in [-0.05, 0) is 24.4 Å². The summed E-state index contributed by atoms with van der Waals surface area (Å²) in [5.41, 5.74) is 0. The maximum atomic E-state index is 10.1. The van der Waals surface area contributed by atoms with E-state index in [0.717, 1.165) is 18.2 Å². The van der Waals surface area contributed by atoms with Gasteiger partial charge in [-0.1, -0.05) is 15.9 Å². The van der Waals surface area contributed by atoms with Crippen molar-refractivity contribution in [2.24, 2.45) is 0 Å². The van der Waals surface area contributed by atoms with Crippen molar-refractivity contribution in [2.75, 3.05) is 18.5 Å². The highest BCUT2D eigenvalue weighted by atomic mass is 79.9. The summed E-state index contributed by atoms with van der Waals surface area (Å²) in [6.45, 7) is 0.647. The number of carbonyl (C=O) groups is 1. The van der Waals surface area contributed by atoms with Crippen molar-refractivity contribution < 1.29 is 9.53 Å². The fraction of sp³-hybridized carbons (Fsp3) is 0.833. The second-order valence-corrected chi connectivity index (χ2v) is 3.02. The van der Waals surface area contributed by atoms with Crippen molar-refractivity contribution in [1.29, 1.82) is 0 Å². The number of halogens is 2. The minimum atomic E-state index is -0.432. The molecule has 60 valence electrons. The zero-order valence-corrected chi connectivity index (χ0v) is 7.95. The van der Waals surface area contributed by atoms with Crippen LogP contribution in [0.5, 0.6) is 0 Å². The average Bonchev–Trinajstić information content (AvgIpc) is 1.87. The molecule has 0 spiro atoms. The molecule has 0 aliphatic rings. The zero-order chi connectivity index (χ0) is 7.82. The summed E-state index contributed by atoms with van der Waals surface area (Å²) in [6, 6.07) is 0. The number of hydrogen-bond acceptors (Lipinski definition) is 2. The van der Waals surface area contributed by atoms with Crippen molar-refractivity contribution >= 4 is 32.8 Å². The van der Waals surface area contributed by atoms with E-state index < -0.39 is 5.24 Å². The topological polar surface area (TPSA) is 26.3 Å². The molecular weight excluding hydrogens is 219 g/mol. The van der Waals surface area contributed by atoms with Crippen LogP contribution in [0.4, 0.5) is 0 Å². The Morgan fingerprint density at radius 2 is 2.20 bits per heavy atom. The summed E-state index contributed by atoms with van der Waals surface area (Å²) < 4.78 is 4.89. The van der Waals surface area contributed by atoms with E-state index in [1.54, 1.807) is 0 Å². The fourth-order valence-electron chi connectivity index (χ4n) is 0.451. The second-order valence-electron chi connectivity index (χ2n) is 1.80. The number of hydrogen-bond donors (Lipinski definition) is 0. The lowest BCUT2D eigenvalue weighted by Gasteiger charge is -1.97. The van der Waals surface area contributed by atoms with Gasteiger partial charge in [-0.15, -0.1) is 0 Å². The molecule has 0 atom stereocenters. The first-order valence-electron chi connectivity index (χ1n) is 3.09. The van der Waals surface area contributed by atoms with E-state index in [1.165, 1.54) is 0 Å². The minimum absolute atomic E-state index is 0.0316. The van der Waals surface area contributed by atoms with Gasteiger partial charge in [-0.25, -0.2) is 0 Å². The molecule has 0 rings (SSSR count). The Bertz CT molecular complexity index is 97.7. The van der Waals surface area contributed by atoms with Crippen molar-refractivity contribution in [2.45, 2.75) is 12.8 Å². The van der Waals surface area contributed by atoms with E-state index >= 15 is 0 Å². The van der Waals surface area contributed by atoms with Gasteiger partial charge in [0.15, 0.2) is 0 Å². The molecule has 2 nitrogen and oxygen atoms in total. The van der Waals surface area contributed by atoms with Gasteiger partial charge in [0.2, 0.25) is 5.24 Å². The van der Waals surface area contributed by atoms with Crippen molar-refractivity contribution in [3.05, 3.63) is 0 Å². The summed E-state index contributed by atoms with van der Waals surface area (Å²) in [5.74, 6) is 0. The summed E-state index contributed by atoms with van der Waals surface area (Å²) >= 11 is 8.30. The SMILES string of the molecule is O=C(Cl)COCCCCBr. The molecule has 0 radical (unpaired) electrons. The molecule has 0 aliphatic heterocycles. The zero-order valence-electron chi connectivity index (χ0n) is 5.61. The van der Waals surface area contributed by atoms with E-state index in [9.17, 15) is 4.79 Å². The molecule has 0 amide bonds. The third-order valence-electron chi connectivity index (χ3n) is 0.888. The first-order chi connectivity index (χ1) is 4.77. The van der Waals surface area contributed by atoms with Crippen LogP contribution in [0.3, 0.4) is 0 Å². The molecule has 0 aromatic rings. The highest BCUT2D eigenvalue weighted by molar-refractivity contribution is 9.09. The Morgan fingerprint density at radius 1 is 1.50 bits per heavy atom. The van der Waals surface area contributed by atoms with Gasteiger partial charge in [-0.3, -0.25) is 4.79 Å². The van der Waals surface area contributed by atoms with Gasteiger partial charge < -0.3 is 4.74 Å². The lowest BCUT2D eigenvalue weighted by molar-refractivity contribution is -0.115. The van der Waals surface area contributed by atoms with E-state index in [-0.39, 0.29) is 6.61 Å². The van der Waals surface area contributed by atoms with Gasteiger partial charge in [0.1, 0.15) is 6.61 Å². The van der Waals surface area contributed by atoms with Gasteiger partial charge in [0.05, 0.1) is 0 Å². The summed E-state index contributed by atoms with van der Waals surface area (Å²) in [5, 5.41) is 0.546. The monoisotopic (exact) mass is 228 g/mol. The summed E-state index contributed by atoms with van der Waals surface area (Å²) in [7, 11) is 0. The lowest BCUT2D eigenvalue weighted by Crippen LogP contribution is -2.02. The van der Waals surface area contributed by atoms with Crippen LogP contribution in [-0.4, -0.2) is 23.8 Å². The highest BCUT2D eigenvalue weighted by Crippen LogP contribution is 1.94. The molecule has 0 aliphatic carbocycles. The molecule has 0 bridgehead atoms. The Balaban J connectivity index is 2.84. The fourth-order valence-corrected chi connectivity index (χ4v) is 0.925. The van der Waals surface area contributed by atoms with Gasteiger partial charge >= 0.3 is 0 Å². The van der Waals surface area contributed by atoms with Crippen LogP contribution in [0, 0.1) is 0 Å². The van der Waals surface area contributed by atoms with Crippen LogP contribution in [0.15, 0.2) is 0 Å². The van der Waals surface area contributed by atoms with Crippen molar-refractivity contribution in [3.63, 3.8) is 0 Å². The molecule has 4 heteroatoms. The van der Waals surface area contributed by atoms with Crippen LogP contribution < -0.4 is 0 Å². The third kappa shape index (κ3) is 8.40. The third-order valence-corrected chi connectivity index (χ3v) is 1.56. The predicted molar refractivity (Wildman–Crippen MR) is 44.7 cm³/mol. The van der Waals surface area contributed by atoms with Crippen LogP contribution in [0.2, 0.25) is 0 Å². The first kappa shape index (κ1) is 10.4. The summed E-state index contributed by atoms with van der Waals surface area (Å²) in [6.07, 6.45) is 2.03.